The van der Waals surface area contributed by atoms with Gasteiger partial charge in [-0.15, -0.1) is 0 Å². The van der Waals surface area contributed by atoms with Crippen LogP contribution in [0.1, 0.15) is 0 Å². The molecule has 0 saturated carbocycles. The maximum absolute atomic E-state index is 12.4. The molecule has 177 valence electrons. The van der Waals surface area contributed by atoms with Crippen molar-refractivity contribution < 1.29 is 88.9 Å². The van der Waals surface area contributed by atoms with Crippen LogP contribution in [0.25, 0.3) is 0 Å². The molecule has 0 unspecified atom stereocenters. The number of hydrogen-bond donors (Lipinski definition) is 0. The summed E-state index contributed by atoms with van der Waals surface area (Å²) in [6.07, 6.45) is 1.51. The smallest absolute Gasteiger partial charge is 0 e. The third-order valence-corrected chi connectivity index (χ3v) is 4.11. The van der Waals surface area contributed by atoms with E-state index in [0.717, 1.165) is 0 Å². The van der Waals surface area contributed by atoms with Crippen molar-refractivity contribution in [1.82, 2.24) is 0 Å². The molecular weight excluding hydrogens is 656 g/mol. The van der Waals surface area contributed by atoms with Gasteiger partial charge in [0.15, 0.2) is 0 Å². The molecule has 0 aromatic rings. The first-order chi connectivity index (χ1) is 14.2. The fraction of sp³-hybridized carbons (Fsp3) is 0.375. The molecule has 32 heavy (non-hydrogen) atoms. The number of alkyl halides is 4. The van der Waals surface area contributed by atoms with Gasteiger partial charge in [-0.2, -0.15) is 0 Å². The van der Waals surface area contributed by atoms with Gasteiger partial charge in [0.25, 0.3) is 0 Å². The minimum Gasteiger partial charge on any atom is 0 e. The SMILES string of the molecule is C[As](C)C1=[C-]C(F)(F)C1(F)F.C[As]C.[C-]#[O+].[C-]#[O+].[C-]#[O+].[C-]#[O+].[C-]#[O+].[C-]#[O+].[C-]#[O+].[C-]#[O+].[Mn].[Mn]. The Hall–Kier alpha value is -0.464. The predicted molar refractivity (Wildman–Crippen MR) is 83.1 cm³/mol. The van der Waals surface area contributed by atoms with Crippen LogP contribution in [-0.2, 0) is 71.4 Å². The van der Waals surface area contributed by atoms with Gasteiger partial charge in [-0.05, 0) is 0 Å². The van der Waals surface area contributed by atoms with Crippen LogP contribution >= 0.6 is 0 Å². The van der Waals surface area contributed by atoms with E-state index in [4.69, 9.17) is 37.2 Å². The molecule has 0 fully saturated rings. The predicted octanol–water partition coefficient (Wildman–Crippen LogP) is 2.78. The van der Waals surface area contributed by atoms with E-state index in [1.165, 1.54) is 6.08 Å². The molecule has 8 nitrogen and oxygen atoms in total. The normalized spacial score (nSPS) is 10.1. The van der Waals surface area contributed by atoms with Crippen LogP contribution in [0.2, 0.25) is 22.8 Å². The number of allylic oxidation sites excluding steroid dienone is 2. The van der Waals surface area contributed by atoms with Gasteiger partial charge >= 0.3 is 184 Å². The zero-order chi connectivity index (χ0) is 27.6. The van der Waals surface area contributed by atoms with E-state index >= 15 is 0 Å². The number of halogens is 4. The van der Waals surface area contributed by atoms with Gasteiger partial charge in [-0.1, -0.05) is 0 Å². The van der Waals surface area contributed by atoms with Crippen LogP contribution in [0.4, 0.5) is 17.6 Å². The van der Waals surface area contributed by atoms with Crippen molar-refractivity contribution in [3.8, 4) is 0 Å². The van der Waals surface area contributed by atoms with Crippen molar-refractivity contribution in [1.29, 1.82) is 0 Å². The fourth-order valence-corrected chi connectivity index (χ4v) is 3.02. The van der Waals surface area contributed by atoms with Gasteiger partial charge in [-0.25, -0.2) is 0 Å². The van der Waals surface area contributed by atoms with Gasteiger partial charge < -0.3 is 0 Å². The molecule has 0 aromatic heterocycles. The Kier molecular flexibility index (Phi) is 152. The zero-order valence-electron chi connectivity index (χ0n) is 16.4. The van der Waals surface area contributed by atoms with E-state index in [-0.39, 0.29) is 34.1 Å². The van der Waals surface area contributed by atoms with Crippen LogP contribution in [0, 0.1) is 59.3 Å². The molecule has 0 aromatic carbocycles. The van der Waals surface area contributed by atoms with Crippen molar-refractivity contribution in [3.05, 3.63) is 63.6 Å². The maximum Gasteiger partial charge on any atom is 0 e. The Balaban J connectivity index is -0.0000000201. The molecule has 1 rings (SSSR count). The van der Waals surface area contributed by atoms with E-state index in [1.807, 2.05) is 0 Å². The largest absolute Gasteiger partial charge is 0 e. The van der Waals surface area contributed by atoms with Crippen molar-refractivity contribution in [3.63, 3.8) is 0 Å². The summed E-state index contributed by atoms with van der Waals surface area (Å²) in [5, 5.41) is 0. The molecule has 1 aliphatic carbocycles. The molecule has 0 aliphatic heterocycles. The molecular formula is C16H12As2F4Mn2O8-. The second kappa shape index (κ2) is 69.8. The molecule has 0 atom stereocenters. The van der Waals surface area contributed by atoms with Crippen LogP contribution in [0.3, 0.4) is 0 Å². The second-order valence-corrected chi connectivity index (χ2v) is 9.53. The van der Waals surface area contributed by atoms with Gasteiger partial charge in [-0.3, -0.25) is 0 Å². The van der Waals surface area contributed by atoms with Gasteiger partial charge in [0.1, 0.15) is 0 Å². The van der Waals surface area contributed by atoms with Crippen LogP contribution in [0.15, 0.2) is 4.36 Å². The second-order valence-electron chi connectivity index (χ2n) is 2.96. The van der Waals surface area contributed by atoms with E-state index in [1.54, 1.807) is 11.4 Å². The molecule has 0 spiro atoms. The van der Waals surface area contributed by atoms with E-state index in [2.05, 4.69) is 64.6 Å². The summed E-state index contributed by atoms with van der Waals surface area (Å²) < 4.78 is 109. The molecule has 16 heteroatoms. The standard InChI is InChI=1S/C6H6AsF4.C2H6As.8CO.2Mn/c1-7(2)4-3-5(8,9)6(4,10)11;1-3-2;8*1-2;;/h1-2H3;1-2H3;;;;;;;;;;/q-1;;;;;;;;;;;. The third-order valence-electron chi connectivity index (χ3n) is 1.41. The average molecular weight is 668 g/mol. The topological polar surface area (TPSA) is 159 Å². The molecule has 0 heterocycles. The quantitative estimate of drug-likeness (QED) is 0.174. The summed E-state index contributed by atoms with van der Waals surface area (Å²) in [6, 6.07) is 0. The first-order valence-corrected chi connectivity index (χ1v) is 13.8. The van der Waals surface area contributed by atoms with Crippen molar-refractivity contribution >= 4 is 30.4 Å². The van der Waals surface area contributed by atoms with E-state index in [9.17, 15) is 17.6 Å². The van der Waals surface area contributed by atoms with Gasteiger partial charge in [0.2, 0.25) is 0 Å². The minimum atomic E-state index is -4.01. The Morgan fingerprint density at radius 2 is 0.781 bits per heavy atom. The van der Waals surface area contributed by atoms with Crippen molar-refractivity contribution in [2.45, 2.75) is 34.7 Å². The molecule has 0 N–H and O–H groups in total. The number of hydrogen-bond acceptors (Lipinski definition) is 0. The summed E-state index contributed by atoms with van der Waals surface area (Å²) in [6.45, 7) is 36.0. The van der Waals surface area contributed by atoms with Crippen LogP contribution < -0.4 is 0 Å². The van der Waals surface area contributed by atoms with E-state index in [0.29, 0.717) is 15.8 Å². The first kappa shape index (κ1) is 69.7. The summed E-state index contributed by atoms with van der Waals surface area (Å²) in [7, 11) is 0. The minimum absolute atomic E-state index is 0. The molecule has 3 radical (unpaired) electrons. The Morgan fingerprint density at radius 3 is 0.812 bits per heavy atom. The van der Waals surface area contributed by atoms with Crippen molar-refractivity contribution in [2.75, 3.05) is 0 Å². The Labute approximate surface area is 216 Å². The van der Waals surface area contributed by atoms with Crippen LogP contribution in [-0.4, -0.2) is 42.2 Å². The number of rotatable bonds is 1. The Morgan fingerprint density at radius 1 is 0.625 bits per heavy atom. The molecule has 0 amide bonds. The zero-order valence-corrected chi connectivity index (χ0v) is 22.5. The van der Waals surface area contributed by atoms with Crippen molar-refractivity contribution in [2.24, 2.45) is 0 Å². The van der Waals surface area contributed by atoms with Crippen LogP contribution in [0.5, 0.6) is 0 Å². The summed E-state index contributed by atoms with van der Waals surface area (Å²) >= 11 is -1.18. The fourth-order valence-electron chi connectivity index (χ4n) is 0.785. The summed E-state index contributed by atoms with van der Waals surface area (Å²) in [5.41, 5.74) is 7.60. The maximum atomic E-state index is 12.4. The first-order valence-electron chi connectivity index (χ1n) is 5.40. The molecule has 1 aliphatic rings. The Bertz CT molecular complexity index is 470. The van der Waals surface area contributed by atoms with Gasteiger partial charge in [0, 0.05) is 34.1 Å². The molecule has 0 saturated heterocycles. The van der Waals surface area contributed by atoms with E-state index < -0.39 is 30.9 Å². The monoisotopic (exact) mass is 668 g/mol. The average Bonchev–Trinajstić information content (AvgIpc) is 2.83. The third kappa shape index (κ3) is 43.4. The van der Waals surface area contributed by atoms with Gasteiger partial charge in [0.05, 0.1) is 0 Å². The molecule has 0 bridgehead atoms. The summed E-state index contributed by atoms with van der Waals surface area (Å²) in [5.74, 6) is -7.92. The summed E-state index contributed by atoms with van der Waals surface area (Å²) in [4.78, 5) is 0.